The van der Waals surface area contributed by atoms with Crippen molar-refractivity contribution in [1.29, 1.82) is 0 Å². The number of morpholine rings is 1. The molecule has 0 unspecified atom stereocenters. The number of ether oxygens (including phenoxy) is 1. The summed E-state index contributed by atoms with van der Waals surface area (Å²) in [6, 6.07) is 6.92. The number of phenols is 1. The van der Waals surface area contributed by atoms with E-state index < -0.39 is 0 Å². The smallest absolute Gasteiger partial charge is 0.255 e. The Morgan fingerprint density at radius 3 is 2.49 bits per heavy atom. The molecular formula is C30H35Cl2N5O4. The molecular weight excluding hydrogens is 565 g/mol. The molecule has 218 valence electrons. The summed E-state index contributed by atoms with van der Waals surface area (Å²) < 4.78 is 5.40. The Morgan fingerprint density at radius 2 is 1.80 bits per heavy atom. The maximum absolute atomic E-state index is 13.3. The fourth-order valence-corrected chi connectivity index (χ4v) is 5.95. The number of fused-ring (bicyclic) bond motifs is 1. The van der Waals surface area contributed by atoms with Crippen molar-refractivity contribution in [2.75, 3.05) is 38.2 Å². The van der Waals surface area contributed by atoms with E-state index >= 15 is 0 Å². The largest absolute Gasteiger partial charge is 0.505 e. The van der Waals surface area contributed by atoms with Crippen molar-refractivity contribution in [1.82, 2.24) is 20.2 Å². The molecule has 2 aromatic heterocycles. The van der Waals surface area contributed by atoms with Gasteiger partial charge in [0.1, 0.15) is 5.52 Å². The third-order valence-corrected chi connectivity index (χ3v) is 8.41. The lowest BCUT2D eigenvalue weighted by Crippen LogP contribution is -2.45. The Balaban J connectivity index is 1.43. The maximum Gasteiger partial charge on any atom is 0.255 e. The average Bonchev–Trinajstić information content (AvgIpc) is 3.00. The second kappa shape index (κ2) is 13.2. The molecule has 1 aromatic carbocycles. The molecule has 1 aliphatic heterocycles. The highest BCUT2D eigenvalue weighted by Gasteiger charge is 2.31. The number of rotatable bonds is 8. The lowest BCUT2D eigenvalue weighted by molar-refractivity contribution is -0.140. The summed E-state index contributed by atoms with van der Waals surface area (Å²) in [5.41, 5.74) is 3.43. The van der Waals surface area contributed by atoms with Gasteiger partial charge in [-0.2, -0.15) is 0 Å². The molecule has 2 fully saturated rings. The van der Waals surface area contributed by atoms with Gasteiger partial charge in [-0.1, -0.05) is 36.5 Å². The zero-order valence-corrected chi connectivity index (χ0v) is 24.6. The first-order chi connectivity index (χ1) is 19.9. The number of nitrogens with one attached hydrogen (secondary N) is 2. The number of phenolic OH excluding ortho intramolecular Hbond substituents is 1. The van der Waals surface area contributed by atoms with E-state index in [4.69, 9.17) is 32.9 Å². The quantitative estimate of drug-likeness (QED) is 0.286. The molecule has 1 saturated heterocycles. The predicted octanol–water partition coefficient (Wildman–Crippen LogP) is 5.67. The molecule has 11 heteroatoms. The van der Waals surface area contributed by atoms with E-state index in [2.05, 4.69) is 22.5 Å². The van der Waals surface area contributed by atoms with Crippen molar-refractivity contribution in [2.45, 2.75) is 51.5 Å². The van der Waals surface area contributed by atoms with Crippen LogP contribution in [0.15, 0.2) is 30.5 Å². The lowest BCUT2D eigenvalue weighted by atomic mass is 9.84. The van der Waals surface area contributed by atoms with Crippen LogP contribution in [0.4, 0.5) is 5.69 Å². The van der Waals surface area contributed by atoms with E-state index in [-0.39, 0.29) is 39.6 Å². The van der Waals surface area contributed by atoms with Crippen molar-refractivity contribution >= 4 is 51.7 Å². The van der Waals surface area contributed by atoms with E-state index in [9.17, 15) is 14.7 Å². The summed E-state index contributed by atoms with van der Waals surface area (Å²) in [7, 11) is 0. The second-order valence-electron chi connectivity index (χ2n) is 10.6. The Hall–Kier alpha value is -3.14. The van der Waals surface area contributed by atoms with Gasteiger partial charge in [-0.25, -0.2) is 4.98 Å². The van der Waals surface area contributed by atoms with Gasteiger partial charge in [0.2, 0.25) is 5.91 Å². The molecule has 2 aliphatic rings. The minimum absolute atomic E-state index is 0.00543. The first kappa shape index (κ1) is 29.4. The Labute approximate surface area is 249 Å². The molecule has 41 heavy (non-hydrogen) atoms. The van der Waals surface area contributed by atoms with Crippen LogP contribution >= 0.6 is 23.2 Å². The number of aromatic nitrogens is 2. The molecule has 5 rings (SSSR count). The van der Waals surface area contributed by atoms with Crippen molar-refractivity contribution in [3.05, 3.63) is 46.1 Å². The molecule has 0 spiro atoms. The maximum atomic E-state index is 13.3. The first-order valence-corrected chi connectivity index (χ1v) is 15.0. The van der Waals surface area contributed by atoms with Gasteiger partial charge in [0.25, 0.3) is 5.91 Å². The number of halogens is 2. The average molecular weight is 601 g/mol. The van der Waals surface area contributed by atoms with Crippen LogP contribution in [0.2, 0.25) is 10.0 Å². The number of unbranched alkanes of at least 4 members (excludes halogenated alkanes) is 1. The monoisotopic (exact) mass is 599 g/mol. The van der Waals surface area contributed by atoms with Gasteiger partial charge >= 0.3 is 0 Å². The number of nitrogens with zero attached hydrogens (tertiary/aromatic N) is 3. The minimum Gasteiger partial charge on any atom is -0.505 e. The number of carbonyl (C=O) groups is 2. The van der Waals surface area contributed by atoms with Crippen LogP contribution in [0.3, 0.4) is 0 Å². The standard InChI is InChI=1S/C30H35Cl2N5O4/c1-2-3-10-33-29(39)21-17-34-25-9-8-24(19-15-22(31)28(38)23(32)16-19)36-27(25)26(21)35-20-6-4-18(5-7-20)30(40)37-11-13-41-14-12-37/h8-9,15-18,20,38H,2-7,10-14H2,1H3,(H,33,39)(H,34,35). The normalized spacial score (nSPS) is 19.2. The summed E-state index contributed by atoms with van der Waals surface area (Å²) in [5.74, 6) is -0.175. The number of carbonyl (C=O) groups excluding carboxylic acids is 2. The van der Waals surface area contributed by atoms with Crippen molar-refractivity contribution in [2.24, 2.45) is 5.92 Å². The first-order valence-electron chi connectivity index (χ1n) is 14.2. The third kappa shape index (κ3) is 6.68. The molecule has 0 radical (unpaired) electrons. The number of anilines is 1. The summed E-state index contributed by atoms with van der Waals surface area (Å²) >= 11 is 12.4. The third-order valence-electron chi connectivity index (χ3n) is 7.83. The highest BCUT2D eigenvalue weighted by Crippen LogP contribution is 2.37. The molecule has 3 heterocycles. The SMILES string of the molecule is CCCCNC(=O)c1cnc2ccc(-c3cc(Cl)c(O)c(Cl)c3)nc2c1NC1CCC(C(=O)N2CCOCC2)CC1. The summed E-state index contributed by atoms with van der Waals surface area (Å²) in [6.07, 6.45) is 6.58. The minimum atomic E-state index is -0.213. The number of amides is 2. The van der Waals surface area contributed by atoms with Gasteiger partial charge in [-0.15, -0.1) is 0 Å². The van der Waals surface area contributed by atoms with Crippen LogP contribution < -0.4 is 10.6 Å². The molecule has 1 aliphatic carbocycles. The van der Waals surface area contributed by atoms with Crippen LogP contribution in [-0.2, 0) is 9.53 Å². The van der Waals surface area contributed by atoms with Crippen LogP contribution in [0.5, 0.6) is 5.75 Å². The number of aromatic hydroxyl groups is 1. The fraction of sp³-hybridized carbons (Fsp3) is 0.467. The molecule has 0 atom stereocenters. The Bertz CT molecular complexity index is 1400. The van der Waals surface area contributed by atoms with E-state index in [0.717, 1.165) is 38.5 Å². The van der Waals surface area contributed by atoms with E-state index in [1.165, 1.54) is 0 Å². The number of benzene rings is 1. The summed E-state index contributed by atoms with van der Waals surface area (Å²) in [5, 5.41) is 16.9. The van der Waals surface area contributed by atoms with Crippen molar-refractivity contribution < 1.29 is 19.4 Å². The molecule has 3 N–H and O–H groups in total. The number of pyridine rings is 2. The molecule has 2 amide bonds. The molecule has 0 bridgehead atoms. The highest BCUT2D eigenvalue weighted by molar-refractivity contribution is 6.37. The van der Waals surface area contributed by atoms with Crippen LogP contribution in [0.25, 0.3) is 22.3 Å². The number of hydrogen-bond acceptors (Lipinski definition) is 7. The number of hydrogen-bond donors (Lipinski definition) is 3. The lowest BCUT2D eigenvalue weighted by Gasteiger charge is -2.34. The van der Waals surface area contributed by atoms with Gasteiger partial charge in [0.15, 0.2) is 5.75 Å². The van der Waals surface area contributed by atoms with Gasteiger partial charge in [-0.05, 0) is 56.4 Å². The zero-order chi connectivity index (χ0) is 28.9. The molecule has 9 nitrogen and oxygen atoms in total. The summed E-state index contributed by atoms with van der Waals surface area (Å²) in [4.78, 5) is 37.7. The van der Waals surface area contributed by atoms with Crippen molar-refractivity contribution in [3.63, 3.8) is 0 Å². The van der Waals surface area contributed by atoms with Crippen molar-refractivity contribution in [3.8, 4) is 17.0 Å². The molecule has 3 aromatic rings. The van der Waals surface area contributed by atoms with Gasteiger partial charge in [0.05, 0.1) is 45.7 Å². The van der Waals surface area contributed by atoms with Crippen LogP contribution in [0, 0.1) is 5.92 Å². The topological polar surface area (TPSA) is 117 Å². The van der Waals surface area contributed by atoms with E-state index in [0.29, 0.717) is 66.4 Å². The van der Waals surface area contributed by atoms with E-state index in [1.807, 2.05) is 17.0 Å². The Kier molecular flexibility index (Phi) is 9.47. The van der Waals surface area contributed by atoms with E-state index in [1.54, 1.807) is 18.3 Å². The second-order valence-corrected chi connectivity index (χ2v) is 11.5. The van der Waals surface area contributed by atoms with Gasteiger partial charge in [0, 0.05) is 43.4 Å². The highest BCUT2D eigenvalue weighted by atomic mass is 35.5. The van der Waals surface area contributed by atoms with Crippen LogP contribution in [0.1, 0.15) is 55.8 Å². The van der Waals surface area contributed by atoms with Gasteiger partial charge in [-0.3, -0.25) is 14.6 Å². The zero-order valence-electron chi connectivity index (χ0n) is 23.1. The summed E-state index contributed by atoms with van der Waals surface area (Å²) in [6.45, 7) is 5.14. The fourth-order valence-electron chi connectivity index (χ4n) is 5.46. The van der Waals surface area contributed by atoms with Crippen LogP contribution in [-0.4, -0.2) is 70.7 Å². The molecule has 1 saturated carbocycles. The predicted molar refractivity (Wildman–Crippen MR) is 161 cm³/mol. The Morgan fingerprint density at radius 1 is 1.10 bits per heavy atom. The van der Waals surface area contributed by atoms with Gasteiger partial charge < -0.3 is 25.4 Å².